The van der Waals surface area contributed by atoms with Crippen molar-refractivity contribution in [2.24, 2.45) is 11.7 Å². The summed E-state index contributed by atoms with van der Waals surface area (Å²) in [7, 11) is 0. The molecule has 1 fully saturated rings. The molecule has 1 unspecified atom stereocenters. The molecule has 3 heteroatoms. The van der Waals surface area contributed by atoms with Crippen LogP contribution in [0.3, 0.4) is 0 Å². The van der Waals surface area contributed by atoms with Gasteiger partial charge in [0.05, 0.1) is 5.92 Å². The molecule has 1 aliphatic carbocycles. The Morgan fingerprint density at radius 2 is 2.22 bits per heavy atom. The summed E-state index contributed by atoms with van der Waals surface area (Å²) in [6.07, 6.45) is 2.29. The second-order valence-corrected chi connectivity index (χ2v) is 2.61. The van der Waals surface area contributed by atoms with Crippen molar-refractivity contribution in [3.05, 3.63) is 0 Å². The normalized spacial score (nSPS) is 34.8. The molecule has 1 saturated carbocycles. The van der Waals surface area contributed by atoms with Crippen LogP contribution in [0, 0.1) is 5.92 Å². The lowest BCUT2D eigenvalue weighted by Crippen LogP contribution is -2.17. The van der Waals surface area contributed by atoms with Crippen molar-refractivity contribution in [1.29, 1.82) is 0 Å². The molecule has 2 atom stereocenters. The third-order valence-corrected chi connectivity index (χ3v) is 1.82. The fourth-order valence-electron chi connectivity index (χ4n) is 1.24. The van der Waals surface area contributed by atoms with Crippen molar-refractivity contribution in [1.82, 2.24) is 0 Å². The van der Waals surface area contributed by atoms with Gasteiger partial charge in [0.2, 0.25) is 0 Å². The average Bonchev–Trinajstić information content (AvgIpc) is 2.14. The summed E-state index contributed by atoms with van der Waals surface area (Å²) < 4.78 is 0. The molecule has 0 amide bonds. The molecule has 0 saturated heterocycles. The molecule has 0 heterocycles. The van der Waals surface area contributed by atoms with Crippen LogP contribution < -0.4 is 5.73 Å². The van der Waals surface area contributed by atoms with E-state index < -0.39 is 5.97 Å². The number of carboxylic acid groups (broad SMARTS) is 1. The summed E-state index contributed by atoms with van der Waals surface area (Å²) in [5.74, 6) is -0.858. The molecule has 0 aromatic rings. The van der Waals surface area contributed by atoms with Crippen LogP contribution >= 0.6 is 0 Å². The van der Waals surface area contributed by atoms with Gasteiger partial charge in [0.15, 0.2) is 0 Å². The van der Waals surface area contributed by atoms with E-state index in [1.165, 1.54) is 0 Å². The summed E-state index contributed by atoms with van der Waals surface area (Å²) in [4.78, 5) is 10.3. The predicted molar refractivity (Wildman–Crippen MR) is 33.0 cm³/mol. The summed E-state index contributed by atoms with van der Waals surface area (Å²) in [5, 5.41) is 8.48. The van der Waals surface area contributed by atoms with Gasteiger partial charge in [-0.05, 0) is 19.3 Å². The monoisotopic (exact) mass is 129 g/mol. The van der Waals surface area contributed by atoms with Crippen molar-refractivity contribution in [3.8, 4) is 0 Å². The van der Waals surface area contributed by atoms with Gasteiger partial charge in [-0.1, -0.05) is 0 Å². The molecule has 1 aliphatic rings. The highest BCUT2D eigenvalue weighted by molar-refractivity contribution is 5.70. The van der Waals surface area contributed by atoms with E-state index in [1.54, 1.807) is 0 Å². The van der Waals surface area contributed by atoms with Gasteiger partial charge in [-0.2, -0.15) is 0 Å². The van der Waals surface area contributed by atoms with Crippen molar-refractivity contribution < 1.29 is 9.90 Å². The van der Waals surface area contributed by atoms with Gasteiger partial charge in [0.25, 0.3) is 0 Å². The molecule has 0 aromatic carbocycles. The number of hydrogen-bond donors (Lipinski definition) is 2. The zero-order valence-corrected chi connectivity index (χ0v) is 5.21. The lowest BCUT2D eigenvalue weighted by molar-refractivity contribution is -0.141. The summed E-state index contributed by atoms with van der Waals surface area (Å²) in [5.41, 5.74) is 5.50. The highest BCUT2D eigenvalue weighted by atomic mass is 16.4. The Kier molecular flexibility index (Phi) is 1.71. The number of rotatable bonds is 1. The Labute approximate surface area is 53.9 Å². The average molecular weight is 129 g/mol. The first-order chi connectivity index (χ1) is 4.20. The predicted octanol–water partition coefficient (Wildman–Crippen LogP) is 0.198. The van der Waals surface area contributed by atoms with Gasteiger partial charge in [-0.15, -0.1) is 0 Å². The fraction of sp³-hybridized carbons (Fsp3) is 0.833. The Morgan fingerprint density at radius 3 is 2.44 bits per heavy atom. The summed E-state index contributed by atoms with van der Waals surface area (Å²) in [6.45, 7) is 0. The molecule has 0 bridgehead atoms. The molecule has 52 valence electrons. The lowest BCUT2D eigenvalue weighted by atomic mass is 10.1. The van der Waals surface area contributed by atoms with E-state index in [9.17, 15) is 4.79 Å². The molecular weight excluding hydrogens is 118 g/mol. The maximum atomic E-state index is 10.3. The highest BCUT2D eigenvalue weighted by Crippen LogP contribution is 2.23. The molecule has 0 radical (unpaired) electrons. The van der Waals surface area contributed by atoms with Gasteiger partial charge in [0.1, 0.15) is 0 Å². The first-order valence-electron chi connectivity index (χ1n) is 3.18. The van der Waals surface area contributed by atoms with Crippen LogP contribution in [0.1, 0.15) is 19.3 Å². The van der Waals surface area contributed by atoms with E-state index in [0.29, 0.717) is 6.42 Å². The maximum absolute atomic E-state index is 10.3. The first kappa shape index (κ1) is 6.55. The zero-order valence-electron chi connectivity index (χ0n) is 5.21. The maximum Gasteiger partial charge on any atom is 0.306 e. The first-order valence-corrected chi connectivity index (χ1v) is 3.18. The SMILES string of the molecule is N[C@H]1CCC(C(=O)O)C1. The van der Waals surface area contributed by atoms with E-state index in [0.717, 1.165) is 12.8 Å². The minimum absolute atomic E-state index is 0.131. The second-order valence-electron chi connectivity index (χ2n) is 2.61. The molecule has 1 rings (SSSR count). The molecule has 0 aliphatic heterocycles. The largest absolute Gasteiger partial charge is 0.481 e. The minimum atomic E-state index is -0.692. The molecule has 3 nitrogen and oxygen atoms in total. The number of aliphatic carboxylic acids is 1. The molecule has 0 spiro atoms. The quantitative estimate of drug-likeness (QED) is 0.531. The third-order valence-electron chi connectivity index (χ3n) is 1.82. The topological polar surface area (TPSA) is 63.3 Å². The summed E-state index contributed by atoms with van der Waals surface area (Å²) in [6, 6.07) is 0.131. The standard InChI is InChI=1S/C6H11NO2/c7-5-2-1-4(3-5)6(8)9/h4-5H,1-3,7H2,(H,8,9)/t4?,5-/m0/s1. The Bertz CT molecular complexity index is 124. The van der Waals surface area contributed by atoms with E-state index in [4.69, 9.17) is 10.8 Å². The zero-order chi connectivity index (χ0) is 6.85. The van der Waals surface area contributed by atoms with E-state index >= 15 is 0 Å². The smallest absolute Gasteiger partial charge is 0.306 e. The van der Waals surface area contributed by atoms with Crippen LogP contribution in [-0.2, 0) is 4.79 Å². The van der Waals surface area contributed by atoms with Gasteiger partial charge in [-0.25, -0.2) is 0 Å². The third kappa shape index (κ3) is 1.42. The molecular formula is C6H11NO2. The van der Waals surface area contributed by atoms with Crippen LogP contribution in [0.4, 0.5) is 0 Å². The van der Waals surface area contributed by atoms with Gasteiger partial charge < -0.3 is 10.8 Å². The minimum Gasteiger partial charge on any atom is -0.481 e. The molecule has 3 N–H and O–H groups in total. The Morgan fingerprint density at radius 1 is 1.56 bits per heavy atom. The van der Waals surface area contributed by atoms with Crippen molar-refractivity contribution in [2.75, 3.05) is 0 Å². The fourth-order valence-corrected chi connectivity index (χ4v) is 1.24. The van der Waals surface area contributed by atoms with Crippen LogP contribution in [0.2, 0.25) is 0 Å². The van der Waals surface area contributed by atoms with E-state index in [2.05, 4.69) is 0 Å². The number of carbonyl (C=O) groups is 1. The van der Waals surface area contributed by atoms with Gasteiger partial charge in [0, 0.05) is 6.04 Å². The van der Waals surface area contributed by atoms with Crippen LogP contribution in [0.15, 0.2) is 0 Å². The second kappa shape index (κ2) is 2.35. The highest BCUT2D eigenvalue weighted by Gasteiger charge is 2.26. The van der Waals surface area contributed by atoms with E-state index in [-0.39, 0.29) is 12.0 Å². The van der Waals surface area contributed by atoms with Crippen molar-refractivity contribution in [2.45, 2.75) is 25.3 Å². The summed E-state index contributed by atoms with van der Waals surface area (Å²) >= 11 is 0. The van der Waals surface area contributed by atoms with Gasteiger partial charge >= 0.3 is 5.97 Å². The van der Waals surface area contributed by atoms with Crippen LogP contribution in [0.5, 0.6) is 0 Å². The van der Waals surface area contributed by atoms with Crippen LogP contribution in [-0.4, -0.2) is 17.1 Å². The van der Waals surface area contributed by atoms with Gasteiger partial charge in [-0.3, -0.25) is 4.79 Å². The Balaban J connectivity index is 2.39. The van der Waals surface area contributed by atoms with E-state index in [1.807, 2.05) is 0 Å². The van der Waals surface area contributed by atoms with Crippen LogP contribution in [0.25, 0.3) is 0 Å². The molecule has 0 aromatic heterocycles. The number of carboxylic acids is 1. The Hall–Kier alpha value is -0.570. The molecule has 9 heavy (non-hydrogen) atoms. The van der Waals surface area contributed by atoms with Crippen molar-refractivity contribution in [3.63, 3.8) is 0 Å². The number of nitrogens with two attached hydrogens (primary N) is 1. The number of hydrogen-bond acceptors (Lipinski definition) is 2. The lowest BCUT2D eigenvalue weighted by Gasteiger charge is -1.99. The van der Waals surface area contributed by atoms with Crippen molar-refractivity contribution >= 4 is 5.97 Å².